The van der Waals surface area contributed by atoms with Crippen molar-refractivity contribution in [2.24, 2.45) is 7.05 Å². The maximum atomic E-state index is 12.2. The lowest BCUT2D eigenvalue weighted by Gasteiger charge is -2.23. The van der Waals surface area contributed by atoms with Gasteiger partial charge in [0.2, 0.25) is 5.91 Å². The Morgan fingerprint density at radius 2 is 2.17 bits per heavy atom. The maximum Gasteiger partial charge on any atom is 0.226 e. The smallest absolute Gasteiger partial charge is 0.226 e. The molecule has 1 amide bonds. The minimum atomic E-state index is -0.0159. The molecule has 3 aromatic rings. The normalized spacial score (nSPS) is 17.1. The van der Waals surface area contributed by atoms with Crippen LogP contribution < -0.4 is 5.32 Å². The molecule has 4 heterocycles. The Kier molecular flexibility index (Phi) is 3.07. The topological polar surface area (TPSA) is 77.9 Å². The van der Waals surface area contributed by atoms with Gasteiger partial charge in [-0.05, 0) is 19.1 Å². The van der Waals surface area contributed by atoms with Crippen LogP contribution in [-0.4, -0.2) is 25.5 Å². The molecule has 0 aliphatic carbocycles. The lowest BCUT2D eigenvalue weighted by Crippen LogP contribution is -2.25. The van der Waals surface area contributed by atoms with Crippen LogP contribution in [0.5, 0.6) is 0 Å². The number of nitrogens with one attached hydrogen (secondary N) is 1. The highest BCUT2D eigenvalue weighted by Gasteiger charge is 2.31. The van der Waals surface area contributed by atoms with Gasteiger partial charge >= 0.3 is 0 Å². The molecule has 0 spiro atoms. The summed E-state index contributed by atoms with van der Waals surface area (Å²) in [7, 11) is 1.91. The summed E-state index contributed by atoms with van der Waals surface area (Å²) in [5, 5.41) is 11.7. The van der Waals surface area contributed by atoms with E-state index in [9.17, 15) is 4.79 Å². The van der Waals surface area contributed by atoms with E-state index < -0.39 is 0 Å². The van der Waals surface area contributed by atoms with E-state index >= 15 is 0 Å². The van der Waals surface area contributed by atoms with Crippen molar-refractivity contribution >= 4 is 11.7 Å². The number of rotatable bonds is 3. The fourth-order valence-corrected chi connectivity index (χ4v) is 3.08. The van der Waals surface area contributed by atoms with Gasteiger partial charge in [-0.25, -0.2) is 4.68 Å². The van der Waals surface area contributed by atoms with Crippen LogP contribution in [-0.2, 0) is 18.4 Å². The van der Waals surface area contributed by atoms with Crippen molar-refractivity contribution in [2.45, 2.75) is 25.8 Å². The van der Waals surface area contributed by atoms with Gasteiger partial charge in [-0.15, -0.1) is 0 Å². The Bertz CT molecular complexity index is 859. The SMILES string of the molecule is Cc1c([C@@H]2CC(=O)Nc3c2cnn3Cc2ccco2)cnn1C. The number of carbonyl (C=O) groups excluding carboxylic acids is 1. The van der Waals surface area contributed by atoms with Crippen LogP contribution in [0.2, 0.25) is 0 Å². The second kappa shape index (κ2) is 5.12. The minimum absolute atomic E-state index is 0.00746. The zero-order valence-electron chi connectivity index (χ0n) is 13.0. The molecule has 0 bridgehead atoms. The molecule has 7 heteroatoms. The molecule has 0 radical (unpaired) electrons. The fraction of sp³-hybridized carbons (Fsp3) is 0.312. The van der Waals surface area contributed by atoms with E-state index in [1.54, 1.807) is 10.9 Å². The summed E-state index contributed by atoms with van der Waals surface area (Å²) in [6, 6.07) is 3.73. The van der Waals surface area contributed by atoms with Crippen molar-refractivity contribution in [1.82, 2.24) is 19.6 Å². The van der Waals surface area contributed by atoms with E-state index in [1.165, 1.54) is 0 Å². The van der Waals surface area contributed by atoms with Crippen molar-refractivity contribution in [3.05, 3.63) is 53.4 Å². The average Bonchev–Trinajstić information content (AvgIpc) is 3.24. The molecule has 3 aromatic heterocycles. The van der Waals surface area contributed by atoms with E-state index in [0.29, 0.717) is 13.0 Å². The molecule has 0 unspecified atom stereocenters. The van der Waals surface area contributed by atoms with Gasteiger partial charge in [0.05, 0.1) is 18.7 Å². The highest BCUT2D eigenvalue weighted by atomic mass is 16.3. The second-order valence-corrected chi connectivity index (χ2v) is 5.80. The van der Waals surface area contributed by atoms with Crippen molar-refractivity contribution in [1.29, 1.82) is 0 Å². The molecule has 7 nitrogen and oxygen atoms in total. The molecule has 1 aliphatic rings. The third-order valence-corrected chi connectivity index (χ3v) is 4.42. The van der Waals surface area contributed by atoms with E-state index in [0.717, 1.165) is 28.4 Å². The summed E-state index contributed by atoms with van der Waals surface area (Å²) >= 11 is 0. The summed E-state index contributed by atoms with van der Waals surface area (Å²) in [4.78, 5) is 12.2. The van der Waals surface area contributed by atoms with Crippen LogP contribution >= 0.6 is 0 Å². The number of aryl methyl sites for hydroxylation is 1. The van der Waals surface area contributed by atoms with Crippen molar-refractivity contribution < 1.29 is 9.21 Å². The Morgan fingerprint density at radius 1 is 1.35 bits per heavy atom. The van der Waals surface area contributed by atoms with E-state index in [1.807, 2.05) is 43.2 Å². The standard InChI is InChI=1S/C16H17N5O2/c1-10-13(7-17-20(10)2)12-6-15(22)19-16-14(12)8-18-21(16)9-11-4-3-5-23-11/h3-5,7-8,12H,6,9H2,1-2H3,(H,19,22)/t12-/m0/s1. The Labute approximate surface area is 132 Å². The van der Waals surface area contributed by atoms with Crippen molar-refractivity contribution in [3.8, 4) is 0 Å². The van der Waals surface area contributed by atoms with Gasteiger partial charge in [-0.1, -0.05) is 0 Å². The van der Waals surface area contributed by atoms with Crippen LogP contribution in [0.25, 0.3) is 0 Å². The van der Waals surface area contributed by atoms with E-state index in [2.05, 4.69) is 15.5 Å². The molecule has 23 heavy (non-hydrogen) atoms. The zero-order valence-corrected chi connectivity index (χ0v) is 13.0. The maximum absolute atomic E-state index is 12.2. The number of hydrogen-bond donors (Lipinski definition) is 1. The summed E-state index contributed by atoms with van der Waals surface area (Å²) < 4.78 is 8.97. The first kappa shape index (κ1) is 13.8. The van der Waals surface area contributed by atoms with Crippen LogP contribution in [0.3, 0.4) is 0 Å². The molecule has 0 aromatic carbocycles. The number of carbonyl (C=O) groups is 1. The van der Waals surface area contributed by atoms with E-state index in [4.69, 9.17) is 4.42 Å². The van der Waals surface area contributed by atoms with Gasteiger partial charge in [0, 0.05) is 36.2 Å². The average molecular weight is 311 g/mol. The van der Waals surface area contributed by atoms with Gasteiger partial charge in [-0.2, -0.15) is 10.2 Å². The number of hydrogen-bond acceptors (Lipinski definition) is 4. The monoisotopic (exact) mass is 311 g/mol. The molecule has 4 rings (SSSR count). The quantitative estimate of drug-likeness (QED) is 0.803. The van der Waals surface area contributed by atoms with E-state index in [-0.39, 0.29) is 11.8 Å². The number of furan rings is 1. The lowest BCUT2D eigenvalue weighted by molar-refractivity contribution is -0.116. The number of nitrogens with zero attached hydrogens (tertiary/aromatic N) is 4. The molecule has 1 N–H and O–H groups in total. The molecule has 1 atom stereocenters. The summed E-state index contributed by atoms with van der Waals surface area (Å²) in [6.45, 7) is 2.50. The summed E-state index contributed by atoms with van der Waals surface area (Å²) in [6.07, 6.45) is 5.71. The van der Waals surface area contributed by atoms with Gasteiger partial charge < -0.3 is 9.73 Å². The van der Waals surface area contributed by atoms with Gasteiger partial charge in [0.25, 0.3) is 0 Å². The van der Waals surface area contributed by atoms with Crippen LogP contribution in [0.4, 0.5) is 5.82 Å². The Hall–Kier alpha value is -2.83. The number of amides is 1. The first-order chi connectivity index (χ1) is 11.1. The van der Waals surface area contributed by atoms with Gasteiger partial charge in [0.1, 0.15) is 18.1 Å². The molecule has 1 aliphatic heterocycles. The molecule has 118 valence electrons. The molecular formula is C16H17N5O2. The molecular weight excluding hydrogens is 294 g/mol. The first-order valence-electron chi connectivity index (χ1n) is 7.50. The van der Waals surface area contributed by atoms with Crippen LogP contribution in [0.1, 0.15) is 34.9 Å². The third kappa shape index (κ3) is 2.25. The van der Waals surface area contributed by atoms with Gasteiger partial charge in [-0.3, -0.25) is 9.48 Å². The van der Waals surface area contributed by atoms with Gasteiger partial charge in [0.15, 0.2) is 0 Å². The Morgan fingerprint density at radius 3 is 2.87 bits per heavy atom. The first-order valence-corrected chi connectivity index (χ1v) is 7.50. The second-order valence-electron chi connectivity index (χ2n) is 5.80. The zero-order chi connectivity index (χ0) is 16.0. The predicted octanol–water partition coefficient (Wildman–Crippen LogP) is 2.04. The number of anilines is 1. The minimum Gasteiger partial charge on any atom is -0.467 e. The number of aromatic nitrogens is 4. The summed E-state index contributed by atoms with van der Waals surface area (Å²) in [5.74, 6) is 1.51. The fourth-order valence-electron chi connectivity index (χ4n) is 3.08. The molecule has 0 saturated heterocycles. The molecule has 0 saturated carbocycles. The largest absolute Gasteiger partial charge is 0.467 e. The summed E-state index contributed by atoms with van der Waals surface area (Å²) in [5.41, 5.74) is 3.16. The highest BCUT2D eigenvalue weighted by molar-refractivity contribution is 5.94. The number of fused-ring (bicyclic) bond motifs is 1. The van der Waals surface area contributed by atoms with Crippen LogP contribution in [0.15, 0.2) is 35.2 Å². The van der Waals surface area contributed by atoms with Crippen molar-refractivity contribution in [3.63, 3.8) is 0 Å². The van der Waals surface area contributed by atoms with Crippen LogP contribution in [0, 0.1) is 6.92 Å². The molecule has 0 fully saturated rings. The predicted molar refractivity (Wildman–Crippen MR) is 83.1 cm³/mol. The lowest BCUT2D eigenvalue weighted by atomic mass is 9.88. The third-order valence-electron chi connectivity index (χ3n) is 4.42. The van der Waals surface area contributed by atoms with Crippen molar-refractivity contribution in [2.75, 3.05) is 5.32 Å². The Balaban J connectivity index is 1.75. The highest BCUT2D eigenvalue weighted by Crippen LogP contribution is 2.38.